The van der Waals surface area contributed by atoms with E-state index in [9.17, 15) is 14.7 Å². The summed E-state index contributed by atoms with van der Waals surface area (Å²) in [6.45, 7) is 0. The first-order chi connectivity index (χ1) is 8.15. The molecule has 0 aliphatic carbocycles. The van der Waals surface area contributed by atoms with Crippen LogP contribution in [0.2, 0.25) is 0 Å². The molecule has 6 heteroatoms. The molecule has 0 spiro atoms. The SMILES string of the molecule is O=C1NC(=O)C(C2CSc3cc(O)ccc32)S1. The summed E-state index contributed by atoms with van der Waals surface area (Å²) in [6.07, 6.45) is 0. The second-order valence-electron chi connectivity index (χ2n) is 3.95. The fraction of sp³-hybridized carbons (Fsp3) is 0.273. The van der Waals surface area contributed by atoms with Crippen molar-refractivity contribution >= 4 is 34.7 Å². The molecule has 88 valence electrons. The van der Waals surface area contributed by atoms with Gasteiger partial charge in [0, 0.05) is 16.6 Å². The highest BCUT2D eigenvalue weighted by Crippen LogP contribution is 2.46. The van der Waals surface area contributed by atoms with Crippen molar-refractivity contribution in [2.75, 3.05) is 5.75 Å². The van der Waals surface area contributed by atoms with Crippen LogP contribution in [0.4, 0.5) is 4.79 Å². The maximum Gasteiger partial charge on any atom is 0.286 e. The lowest BCUT2D eigenvalue weighted by molar-refractivity contribution is -0.119. The summed E-state index contributed by atoms with van der Waals surface area (Å²) in [5, 5.41) is 11.1. The summed E-state index contributed by atoms with van der Waals surface area (Å²) in [7, 11) is 0. The van der Waals surface area contributed by atoms with Crippen LogP contribution in [-0.4, -0.2) is 27.3 Å². The van der Waals surface area contributed by atoms with Gasteiger partial charge in [0.2, 0.25) is 5.91 Å². The van der Waals surface area contributed by atoms with E-state index < -0.39 is 0 Å². The standard InChI is InChI=1S/C11H9NO3S2/c13-5-1-2-6-7(4-16-8(6)3-5)9-10(14)12-11(15)17-9/h1-3,7,9,13H,4H2,(H,12,14,15). The quantitative estimate of drug-likeness (QED) is 0.814. The zero-order valence-corrected chi connectivity index (χ0v) is 10.3. The Labute approximate surface area is 106 Å². The number of hydrogen-bond acceptors (Lipinski definition) is 5. The van der Waals surface area contributed by atoms with Gasteiger partial charge in [-0.25, -0.2) is 0 Å². The predicted molar refractivity (Wildman–Crippen MR) is 66.5 cm³/mol. The first-order valence-corrected chi connectivity index (χ1v) is 6.99. The summed E-state index contributed by atoms with van der Waals surface area (Å²) in [4.78, 5) is 23.8. The van der Waals surface area contributed by atoms with Gasteiger partial charge in [0.05, 0.1) is 0 Å². The first kappa shape index (κ1) is 11.0. The minimum absolute atomic E-state index is 0.0482. The number of benzene rings is 1. The van der Waals surface area contributed by atoms with Crippen molar-refractivity contribution in [3.63, 3.8) is 0 Å². The van der Waals surface area contributed by atoms with E-state index in [1.165, 1.54) is 0 Å². The van der Waals surface area contributed by atoms with E-state index in [1.807, 2.05) is 6.07 Å². The third-order valence-corrected chi connectivity index (χ3v) is 5.20. The molecule has 2 amide bonds. The molecule has 0 bridgehead atoms. The molecule has 1 aromatic rings. The topological polar surface area (TPSA) is 66.4 Å². The van der Waals surface area contributed by atoms with E-state index in [0.29, 0.717) is 0 Å². The van der Waals surface area contributed by atoms with Crippen LogP contribution >= 0.6 is 23.5 Å². The van der Waals surface area contributed by atoms with Crippen molar-refractivity contribution < 1.29 is 14.7 Å². The van der Waals surface area contributed by atoms with E-state index >= 15 is 0 Å². The number of thioether (sulfide) groups is 2. The largest absolute Gasteiger partial charge is 0.508 e. The fourth-order valence-corrected chi connectivity index (χ4v) is 4.52. The number of hydrogen-bond donors (Lipinski definition) is 2. The number of carbonyl (C=O) groups is 2. The number of fused-ring (bicyclic) bond motifs is 1. The molecule has 1 fully saturated rings. The van der Waals surface area contributed by atoms with Crippen LogP contribution in [0.25, 0.3) is 0 Å². The number of amides is 2. The third-order valence-electron chi connectivity index (χ3n) is 2.90. The number of imide groups is 1. The Kier molecular flexibility index (Phi) is 2.56. The second kappa shape index (κ2) is 3.96. The molecule has 2 N–H and O–H groups in total. The number of phenols is 1. The van der Waals surface area contributed by atoms with E-state index in [4.69, 9.17) is 0 Å². The van der Waals surface area contributed by atoms with Crippen molar-refractivity contribution in [2.45, 2.75) is 16.1 Å². The Bertz CT molecular complexity index is 517. The molecule has 2 aliphatic heterocycles. The fourth-order valence-electron chi connectivity index (χ4n) is 2.11. The Morgan fingerprint density at radius 2 is 2.18 bits per heavy atom. The molecule has 0 radical (unpaired) electrons. The molecule has 1 saturated heterocycles. The average molecular weight is 267 g/mol. The highest BCUT2D eigenvalue weighted by atomic mass is 32.2. The molecule has 2 atom stereocenters. The lowest BCUT2D eigenvalue weighted by Crippen LogP contribution is -2.28. The molecular formula is C11H9NO3S2. The normalized spacial score (nSPS) is 27.1. The number of aromatic hydroxyl groups is 1. The Morgan fingerprint density at radius 1 is 1.35 bits per heavy atom. The van der Waals surface area contributed by atoms with Gasteiger partial charge in [-0.3, -0.25) is 14.9 Å². The van der Waals surface area contributed by atoms with Crippen molar-refractivity contribution in [1.82, 2.24) is 5.32 Å². The van der Waals surface area contributed by atoms with Crippen LogP contribution in [0.1, 0.15) is 11.5 Å². The van der Waals surface area contributed by atoms with Crippen LogP contribution < -0.4 is 5.32 Å². The van der Waals surface area contributed by atoms with Gasteiger partial charge in [-0.15, -0.1) is 11.8 Å². The van der Waals surface area contributed by atoms with Gasteiger partial charge >= 0.3 is 0 Å². The Hall–Kier alpha value is -1.14. The molecule has 4 nitrogen and oxygen atoms in total. The van der Waals surface area contributed by atoms with Crippen LogP contribution in [0, 0.1) is 0 Å². The zero-order valence-electron chi connectivity index (χ0n) is 8.67. The molecule has 2 unspecified atom stereocenters. The van der Waals surface area contributed by atoms with Gasteiger partial charge in [-0.2, -0.15) is 0 Å². The highest BCUT2D eigenvalue weighted by Gasteiger charge is 2.41. The van der Waals surface area contributed by atoms with Gasteiger partial charge in [0.25, 0.3) is 5.24 Å². The lowest BCUT2D eigenvalue weighted by Gasteiger charge is -2.14. The van der Waals surface area contributed by atoms with Gasteiger partial charge in [-0.05, 0) is 17.7 Å². The third kappa shape index (κ3) is 1.81. The Morgan fingerprint density at radius 3 is 2.88 bits per heavy atom. The summed E-state index contributed by atoms with van der Waals surface area (Å²) in [5.74, 6) is 0.854. The molecule has 3 rings (SSSR count). The molecule has 0 saturated carbocycles. The predicted octanol–water partition coefficient (Wildman–Crippen LogP) is 1.93. The second-order valence-corrected chi connectivity index (χ2v) is 6.13. The minimum atomic E-state index is -0.333. The summed E-state index contributed by atoms with van der Waals surface area (Å²) < 4.78 is 0. The van der Waals surface area contributed by atoms with Gasteiger partial charge in [0.1, 0.15) is 11.0 Å². The first-order valence-electron chi connectivity index (χ1n) is 5.12. The maximum atomic E-state index is 11.6. The van der Waals surface area contributed by atoms with Gasteiger partial charge in [-0.1, -0.05) is 17.8 Å². The van der Waals surface area contributed by atoms with Crippen molar-refractivity contribution in [2.24, 2.45) is 0 Å². The number of nitrogens with one attached hydrogen (secondary N) is 1. The summed E-state index contributed by atoms with van der Waals surface area (Å²) >= 11 is 2.68. The monoisotopic (exact) mass is 267 g/mol. The van der Waals surface area contributed by atoms with Crippen LogP contribution in [0.15, 0.2) is 23.1 Å². The summed E-state index contributed by atoms with van der Waals surface area (Å²) in [6, 6.07) is 5.17. The molecule has 1 aromatic carbocycles. The lowest BCUT2D eigenvalue weighted by atomic mass is 9.97. The minimum Gasteiger partial charge on any atom is -0.508 e. The van der Waals surface area contributed by atoms with E-state index in [2.05, 4.69) is 5.32 Å². The average Bonchev–Trinajstić information content (AvgIpc) is 2.81. The van der Waals surface area contributed by atoms with Crippen molar-refractivity contribution in [3.05, 3.63) is 23.8 Å². The van der Waals surface area contributed by atoms with Crippen LogP contribution in [0.5, 0.6) is 5.75 Å². The van der Waals surface area contributed by atoms with E-state index in [1.54, 1.807) is 23.9 Å². The number of carbonyl (C=O) groups excluding carboxylic acids is 2. The Balaban J connectivity index is 1.93. The van der Waals surface area contributed by atoms with Crippen molar-refractivity contribution in [1.29, 1.82) is 0 Å². The summed E-state index contributed by atoms with van der Waals surface area (Å²) in [5.41, 5.74) is 1.05. The van der Waals surface area contributed by atoms with E-state index in [0.717, 1.165) is 28.0 Å². The molecule has 2 heterocycles. The number of phenolic OH excluding ortho intramolecular Hbond substituents is 1. The smallest absolute Gasteiger partial charge is 0.286 e. The van der Waals surface area contributed by atoms with Crippen LogP contribution in [-0.2, 0) is 4.79 Å². The van der Waals surface area contributed by atoms with Crippen LogP contribution in [0.3, 0.4) is 0 Å². The van der Waals surface area contributed by atoms with Gasteiger partial charge in [0.15, 0.2) is 0 Å². The maximum absolute atomic E-state index is 11.6. The highest BCUT2D eigenvalue weighted by molar-refractivity contribution is 8.15. The zero-order chi connectivity index (χ0) is 12.0. The number of rotatable bonds is 1. The molecule has 2 aliphatic rings. The van der Waals surface area contributed by atoms with Crippen molar-refractivity contribution in [3.8, 4) is 5.75 Å². The molecule has 0 aromatic heterocycles. The molecule has 17 heavy (non-hydrogen) atoms. The van der Waals surface area contributed by atoms with E-state index in [-0.39, 0.29) is 28.1 Å². The van der Waals surface area contributed by atoms with Gasteiger partial charge < -0.3 is 5.11 Å². The molecular weight excluding hydrogens is 258 g/mol.